The Morgan fingerprint density at radius 1 is 1.04 bits per heavy atom. The van der Waals surface area contributed by atoms with E-state index in [2.05, 4.69) is 0 Å². The van der Waals surface area contributed by atoms with Crippen LogP contribution in [0.3, 0.4) is 0 Å². The molecule has 0 bridgehead atoms. The Balaban J connectivity index is 1.51. The lowest BCUT2D eigenvalue weighted by Gasteiger charge is -2.19. The van der Waals surface area contributed by atoms with Crippen molar-refractivity contribution < 1.29 is 28.7 Å². The fraction of sp³-hybridized carbons (Fsp3) is 0.500. The van der Waals surface area contributed by atoms with Crippen molar-refractivity contribution in [3.8, 4) is 5.75 Å². The van der Waals surface area contributed by atoms with Crippen LogP contribution in [0.2, 0.25) is 0 Å². The zero-order valence-corrected chi connectivity index (χ0v) is 15.3. The quantitative estimate of drug-likeness (QED) is 0.412. The highest BCUT2D eigenvalue weighted by molar-refractivity contribution is 6.07. The Labute approximate surface area is 157 Å². The predicted molar refractivity (Wildman–Crippen MR) is 95.1 cm³/mol. The minimum Gasteiger partial charge on any atom is -0.494 e. The van der Waals surface area contributed by atoms with Crippen LogP contribution in [0.4, 0.5) is 0 Å². The third-order valence-corrected chi connectivity index (χ3v) is 5.07. The number of likely N-dealkylation sites (tertiary alicyclic amines) is 1. The average Bonchev–Trinajstić information content (AvgIpc) is 2.92. The standard InChI is InChI=1S/C20H23NO6/c1-2-26-14-9-7-13(8-10-14)17(22)12-27-18(23)11-21-19(24)15-5-3-4-6-16(15)20(21)25/h7-10,15-16H,2-6,11-12H2,1H3/t15-,16+. The molecule has 3 rings (SSSR count). The molecule has 1 aliphatic carbocycles. The van der Waals surface area contributed by atoms with Gasteiger partial charge in [0.2, 0.25) is 11.8 Å². The number of ether oxygens (including phenoxy) is 2. The average molecular weight is 373 g/mol. The van der Waals surface area contributed by atoms with Crippen LogP contribution < -0.4 is 4.74 Å². The normalized spacial score (nSPS) is 21.7. The maximum atomic E-state index is 12.3. The lowest BCUT2D eigenvalue weighted by molar-refractivity contribution is -0.152. The number of fused-ring (bicyclic) bond motifs is 1. The molecule has 0 N–H and O–H groups in total. The zero-order valence-electron chi connectivity index (χ0n) is 15.3. The number of amides is 2. The third kappa shape index (κ3) is 4.18. The van der Waals surface area contributed by atoms with E-state index in [0.717, 1.165) is 17.7 Å². The highest BCUT2D eigenvalue weighted by Crippen LogP contribution is 2.37. The highest BCUT2D eigenvalue weighted by Gasteiger charge is 2.48. The van der Waals surface area contributed by atoms with E-state index >= 15 is 0 Å². The Bertz CT molecular complexity index is 717. The van der Waals surface area contributed by atoms with Crippen molar-refractivity contribution >= 4 is 23.6 Å². The van der Waals surface area contributed by atoms with Crippen molar-refractivity contribution in [3.63, 3.8) is 0 Å². The minimum absolute atomic E-state index is 0.292. The molecule has 2 atom stereocenters. The van der Waals surface area contributed by atoms with Gasteiger partial charge in [0.15, 0.2) is 12.4 Å². The second-order valence-corrected chi connectivity index (χ2v) is 6.80. The number of rotatable bonds is 7. The maximum absolute atomic E-state index is 12.3. The highest BCUT2D eigenvalue weighted by atomic mass is 16.5. The van der Waals surface area contributed by atoms with Crippen molar-refractivity contribution in [1.29, 1.82) is 0 Å². The molecule has 27 heavy (non-hydrogen) atoms. The monoisotopic (exact) mass is 373 g/mol. The molecule has 0 unspecified atom stereocenters. The van der Waals surface area contributed by atoms with Crippen LogP contribution in [-0.2, 0) is 19.1 Å². The van der Waals surface area contributed by atoms with Crippen molar-refractivity contribution in [2.24, 2.45) is 11.8 Å². The summed E-state index contributed by atoms with van der Waals surface area (Å²) in [5.74, 6) is -1.65. The Morgan fingerprint density at radius 2 is 1.63 bits per heavy atom. The molecule has 0 radical (unpaired) electrons. The summed E-state index contributed by atoms with van der Waals surface area (Å²) >= 11 is 0. The van der Waals surface area contributed by atoms with Gasteiger partial charge in [-0.05, 0) is 44.0 Å². The number of nitrogens with zero attached hydrogens (tertiary/aromatic N) is 1. The third-order valence-electron chi connectivity index (χ3n) is 5.07. The fourth-order valence-corrected chi connectivity index (χ4v) is 3.69. The lowest BCUT2D eigenvalue weighted by Crippen LogP contribution is -2.37. The van der Waals surface area contributed by atoms with Crippen LogP contribution >= 0.6 is 0 Å². The molecule has 144 valence electrons. The van der Waals surface area contributed by atoms with E-state index in [1.165, 1.54) is 0 Å². The first-order valence-electron chi connectivity index (χ1n) is 9.28. The number of carbonyl (C=O) groups is 4. The molecule has 0 aromatic heterocycles. The topological polar surface area (TPSA) is 90.0 Å². The van der Waals surface area contributed by atoms with Gasteiger partial charge in [0.1, 0.15) is 12.3 Å². The summed E-state index contributed by atoms with van der Waals surface area (Å²) in [5.41, 5.74) is 0.394. The molecule has 7 nitrogen and oxygen atoms in total. The molecule has 1 heterocycles. The molecule has 1 aliphatic heterocycles. The number of hydrogen-bond donors (Lipinski definition) is 0. The van der Waals surface area contributed by atoms with E-state index < -0.39 is 19.1 Å². The summed E-state index contributed by atoms with van der Waals surface area (Å²) in [7, 11) is 0. The Hall–Kier alpha value is -2.70. The van der Waals surface area contributed by atoms with Crippen LogP contribution in [-0.4, -0.2) is 48.2 Å². The van der Waals surface area contributed by atoms with Crippen LogP contribution in [0, 0.1) is 11.8 Å². The van der Waals surface area contributed by atoms with Gasteiger partial charge in [0, 0.05) is 5.56 Å². The van der Waals surface area contributed by atoms with E-state index in [4.69, 9.17) is 9.47 Å². The summed E-state index contributed by atoms with van der Waals surface area (Å²) in [6.07, 6.45) is 3.23. The van der Waals surface area contributed by atoms with Crippen molar-refractivity contribution in [3.05, 3.63) is 29.8 Å². The van der Waals surface area contributed by atoms with Crippen LogP contribution in [0.15, 0.2) is 24.3 Å². The van der Waals surface area contributed by atoms with E-state index in [-0.39, 0.29) is 29.4 Å². The Morgan fingerprint density at radius 3 is 2.19 bits per heavy atom. The van der Waals surface area contributed by atoms with E-state index in [0.29, 0.717) is 30.8 Å². The van der Waals surface area contributed by atoms with Gasteiger partial charge in [0.05, 0.1) is 18.4 Å². The van der Waals surface area contributed by atoms with Gasteiger partial charge in [-0.3, -0.25) is 24.1 Å². The first-order chi connectivity index (χ1) is 13.0. The van der Waals surface area contributed by atoms with Gasteiger partial charge in [0.25, 0.3) is 0 Å². The molecule has 1 aromatic carbocycles. The van der Waals surface area contributed by atoms with Crippen molar-refractivity contribution in [2.75, 3.05) is 19.8 Å². The lowest BCUT2D eigenvalue weighted by atomic mass is 9.81. The molecular weight excluding hydrogens is 350 g/mol. The first-order valence-corrected chi connectivity index (χ1v) is 9.28. The van der Waals surface area contributed by atoms with Gasteiger partial charge in [-0.1, -0.05) is 12.8 Å². The van der Waals surface area contributed by atoms with Crippen LogP contribution in [0.5, 0.6) is 5.75 Å². The fourth-order valence-electron chi connectivity index (χ4n) is 3.69. The second-order valence-electron chi connectivity index (χ2n) is 6.80. The van der Waals surface area contributed by atoms with Gasteiger partial charge in [-0.25, -0.2) is 0 Å². The molecule has 1 aromatic rings. The molecule has 0 spiro atoms. The molecule has 1 saturated heterocycles. The van der Waals surface area contributed by atoms with Gasteiger partial charge < -0.3 is 9.47 Å². The summed E-state index contributed by atoms with van der Waals surface area (Å²) in [5, 5.41) is 0. The summed E-state index contributed by atoms with van der Waals surface area (Å²) in [6.45, 7) is 1.53. The number of hydrogen-bond acceptors (Lipinski definition) is 6. The van der Waals surface area contributed by atoms with E-state index in [1.807, 2.05) is 6.92 Å². The second kappa shape index (κ2) is 8.33. The first kappa shape index (κ1) is 19.1. The van der Waals surface area contributed by atoms with Gasteiger partial charge in [-0.15, -0.1) is 0 Å². The maximum Gasteiger partial charge on any atom is 0.326 e. The number of carbonyl (C=O) groups excluding carboxylic acids is 4. The molecule has 7 heteroatoms. The zero-order chi connectivity index (χ0) is 19.4. The molecule has 2 fully saturated rings. The minimum atomic E-state index is -0.755. The van der Waals surface area contributed by atoms with E-state index in [1.54, 1.807) is 24.3 Å². The predicted octanol–water partition coefficient (Wildman–Crippen LogP) is 1.99. The van der Waals surface area contributed by atoms with Crippen molar-refractivity contribution in [2.45, 2.75) is 32.6 Å². The molecule has 2 amide bonds. The molecule has 1 saturated carbocycles. The number of ketones is 1. The van der Waals surface area contributed by atoms with Crippen LogP contribution in [0.1, 0.15) is 43.0 Å². The Kier molecular flexibility index (Phi) is 5.88. The SMILES string of the molecule is CCOc1ccc(C(=O)COC(=O)CN2C(=O)[C@H]3CCCC[C@H]3C2=O)cc1. The van der Waals surface area contributed by atoms with Crippen LogP contribution in [0.25, 0.3) is 0 Å². The number of esters is 1. The van der Waals surface area contributed by atoms with Gasteiger partial charge >= 0.3 is 5.97 Å². The van der Waals surface area contributed by atoms with Gasteiger partial charge in [-0.2, -0.15) is 0 Å². The van der Waals surface area contributed by atoms with E-state index in [9.17, 15) is 19.2 Å². The number of imide groups is 1. The number of benzene rings is 1. The largest absolute Gasteiger partial charge is 0.494 e. The summed E-state index contributed by atoms with van der Waals surface area (Å²) in [4.78, 5) is 49.8. The molecule has 2 aliphatic rings. The van der Waals surface area contributed by atoms with Crippen molar-refractivity contribution in [1.82, 2.24) is 4.90 Å². The summed E-state index contributed by atoms with van der Waals surface area (Å²) in [6, 6.07) is 6.53. The number of Topliss-reactive ketones (excluding diaryl/α,β-unsaturated/α-hetero) is 1. The summed E-state index contributed by atoms with van der Waals surface area (Å²) < 4.78 is 10.3. The smallest absolute Gasteiger partial charge is 0.326 e. The molecular formula is C20H23NO6.